The quantitative estimate of drug-likeness (QED) is 0.616. The van der Waals surface area contributed by atoms with E-state index < -0.39 is 0 Å². The van der Waals surface area contributed by atoms with E-state index >= 15 is 0 Å². The van der Waals surface area contributed by atoms with Crippen molar-refractivity contribution in [2.24, 2.45) is 0 Å². The number of nitrogens with zero attached hydrogens (tertiary/aromatic N) is 4. The minimum Gasteiger partial charge on any atom is -0.307 e. The lowest BCUT2D eigenvalue weighted by Gasteiger charge is -2.09. The number of pyridine rings is 2. The largest absolute Gasteiger partial charge is 0.307 e. The van der Waals surface area contributed by atoms with E-state index in [0.29, 0.717) is 0 Å². The molecule has 0 unspecified atom stereocenters. The highest BCUT2D eigenvalue weighted by molar-refractivity contribution is 5.85. The van der Waals surface area contributed by atoms with Crippen LogP contribution in [-0.2, 0) is 0 Å². The molecule has 0 saturated carbocycles. The van der Waals surface area contributed by atoms with Gasteiger partial charge in [0.2, 0.25) is 0 Å². The van der Waals surface area contributed by atoms with E-state index in [1.54, 1.807) is 6.20 Å². The van der Waals surface area contributed by atoms with Gasteiger partial charge in [0, 0.05) is 47.2 Å². The van der Waals surface area contributed by atoms with Crippen LogP contribution in [0.3, 0.4) is 0 Å². The van der Waals surface area contributed by atoms with E-state index in [1.807, 2.05) is 48.2 Å². The molecule has 110 valence electrons. The Kier molecular flexibility index (Phi) is 3.65. The van der Waals surface area contributed by atoms with Gasteiger partial charge in [-0.25, -0.2) is 4.98 Å². The average Bonchev–Trinajstić information content (AvgIpc) is 3.17. The van der Waals surface area contributed by atoms with Gasteiger partial charge in [0.05, 0.1) is 11.9 Å². The number of imidazole rings is 1. The number of hydrogen-bond acceptors (Lipinski definition) is 3. The highest BCUT2D eigenvalue weighted by Crippen LogP contribution is 2.30. The average molecular weight is 312 g/mol. The summed E-state index contributed by atoms with van der Waals surface area (Å²) in [5, 5.41) is 6.88. The van der Waals surface area contributed by atoms with Crippen molar-refractivity contribution in [3.05, 3.63) is 60.9 Å². The van der Waals surface area contributed by atoms with Crippen LogP contribution in [0.1, 0.15) is 5.69 Å². The highest BCUT2D eigenvalue weighted by atomic mass is 35.5. The molecule has 0 aromatic carbocycles. The number of fused-ring (bicyclic) bond motifs is 1. The summed E-state index contributed by atoms with van der Waals surface area (Å²) in [6.07, 6.45) is 9.41. The van der Waals surface area contributed by atoms with Crippen LogP contribution < -0.4 is 0 Å². The van der Waals surface area contributed by atoms with Crippen LogP contribution >= 0.6 is 12.4 Å². The second-order valence-electron chi connectivity index (χ2n) is 4.94. The second kappa shape index (κ2) is 5.61. The molecule has 4 heterocycles. The van der Waals surface area contributed by atoms with E-state index in [0.717, 1.165) is 33.7 Å². The standard InChI is InChI=1S/C16H13N5.ClH/c1-11-2-3-14(13-9-18-19-10-13)16(20-11)12-4-6-21-7-5-17-15(21)8-12;/h2-10H,1H3,(H,18,19);1H. The van der Waals surface area contributed by atoms with Crippen molar-refractivity contribution in [3.63, 3.8) is 0 Å². The van der Waals surface area contributed by atoms with E-state index in [4.69, 9.17) is 4.98 Å². The molecule has 6 heteroatoms. The summed E-state index contributed by atoms with van der Waals surface area (Å²) in [5.41, 5.74) is 5.98. The lowest BCUT2D eigenvalue weighted by Crippen LogP contribution is -1.93. The van der Waals surface area contributed by atoms with E-state index in [-0.39, 0.29) is 12.4 Å². The van der Waals surface area contributed by atoms with Gasteiger partial charge in [-0.05, 0) is 25.1 Å². The number of rotatable bonds is 2. The molecule has 0 aliphatic heterocycles. The van der Waals surface area contributed by atoms with Crippen LogP contribution in [0.5, 0.6) is 0 Å². The van der Waals surface area contributed by atoms with Crippen molar-refractivity contribution in [1.29, 1.82) is 0 Å². The predicted octanol–water partition coefficient (Wildman–Crippen LogP) is 3.52. The number of nitrogens with one attached hydrogen (secondary N) is 1. The molecule has 4 aromatic heterocycles. The molecule has 1 N–H and O–H groups in total. The van der Waals surface area contributed by atoms with Gasteiger partial charge in [0.25, 0.3) is 0 Å². The van der Waals surface area contributed by atoms with Crippen LogP contribution in [-0.4, -0.2) is 24.6 Å². The highest BCUT2D eigenvalue weighted by Gasteiger charge is 2.11. The van der Waals surface area contributed by atoms with Gasteiger partial charge in [-0.3, -0.25) is 10.1 Å². The fraction of sp³-hybridized carbons (Fsp3) is 0.0625. The second-order valence-corrected chi connectivity index (χ2v) is 4.94. The van der Waals surface area contributed by atoms with E-state index in [9.17, 15) is 0 Å². The first kappa shape index (κ1) is 14.3. The molecule has 0 aliphatic rings. The maximum atomic E-state index is 4.71. The summed E-state index contributed by atoms with van der Waals surface area (Å²) in [5.74, 6) is 0. The van der Waals surface area contributed by atoms with E-state index in [2.05, 4.69) is 27.3 Å². The Hall–Kier alpha value is -2.66. The number of halogens is 1. The molecule has 22 heavy (non-hydrogen) atoms. The summed E-state index contributed by atoms with van der Waals surface area (Å²) in [6, 6.07) is 8.20. The summed E-state index contributed by atoms with van der Waals surface area (Å²) in [7, 11) is 0. The molecule has 0 amide bonds. The Morgan fingerprint density at radius 2 is 2.00 bits per heavy atom. The molecule has 4 aromatic rings. The third-order valence-corrected chi connectivity index (χ3v) is 3.52. The molecule has 0 bridgehead atoms. The Balaban J connectivity index is 0.00000144. The van der Waals surface area contributed by atoms with Crippen LogP contribution in [0.15, 0.2) is 55.2 Å². The van der Waals surface area contributed by atoms with Crippen molar-refractivity contribution in [2.45, 2.75) is 6.92 Å². The van der Waals surface area contributed by atoms with Gasteiger partial charge in [-0.2, -0.15) is 5.10 Å². The Bertz CT molecular complexity index is 911. The summed E-state index contributed by atoms with van der Waals surface area (Å²) in [6.45, 7) is 2.00. The van der Waals surface area contributed by atoms with Gasteiger partial charge in [0.1, 0.15) is 5.65 Å². The number of aromatic nitrogens is 5. The van der Waals surface area contributed by atoms with Gasteiger partial charge >= 0.3 is 0 Å². The van der Waals surface area contributed by atoms with Crippen LogP contribution in [0.25, 0.3) is 28.0 Å². The fourth-order valence-corrected chi connectivity index (χ4v) is 2.47. The zero-order valence-electron chi connectivity index (χ0n) is 11.9. The monoisotopic (exact) mass is 311 g/mol. The number of aromatic amines is 1. The molecule has 0 spiro atoms. The molecular formula is C16H14ClN5. The Labute approximate surface area is 133 Å². The Morgan fingerprint density at radius 3 is 2.82 bits per heavy atom. The molecule has 0 atom stereocenters. The molecule has 5 nitrogen and oxygen atoms in total. The van der Waals surface area contributed by atoms with Crippen molar-refractivity contribution in [1.82, 2.24) is 24.6 Å². The summed E-state index contributed by atoms with van der Waals surface area (Å²) >= 11 is 0. The third kappa shape index (κ3) is 2.35. The molecule has 0 radical (unpaired) electrons. The van der Waals surface area contributed by atoms with Gasteiger partial charge in [-0.15, -0.1) is 12.4 Å². The first-order chi connectivity index (χ1) is 10.3. The summed E-state index contributed by atoms with van der Waals surface area (Å²) < 4.78 is 1.98. The maximum absolute atomic E-state index is 4.71. The Morgan fingerprint density at radius 1 is 1.09 bits per heavy atom. The molecular weight excluding hydrogens is 298 g/mol. The van der Waals surface area contributed by atoms with Gasteiger partial charge in [-0.1, -0.05) is 6.07 Å². The van der Waals surface area contributed by atoms with Gasteiger partial charge < -0.3 is 4.40 Å². The third-order valence-electron chi connectivity index (χ3n) is 3.52. The smallest absolute Gasteiger partial charge is 0.137 e. The molecule has 0 fully saturated rings. The molecule has 0 aliphatic carbocycles. The van der Waals surface area contributed by atoms with Crippen molar-refractivity contribution >= 4 is 18.1 Å². The van der Waals surface area contributed by atoms with Crippen molar-refractivity contribution < 1.29 is 0 Å². The number of hydrogen-bond donors (Lipinski definition) is 1. The number of aryl methyl sites for hydroxylation is 1. The first-order valence-corrected chi connectivity index (χ1v) is 6.71. The van der Waals surface area contributed by atoms with Gasteiger partial charge in [0.15, 0.2) is 0 Å². The van der Waals surface area contributed by atoms with Crippen LogP contribution in [0, 0.1) is 6.92 Å². The minimum absolute atomic E-state index is 0. The summed E-state index contributed by atoms with van der Waals surface area (Å²) in [4.78, 5) is 9.05. The zero-order chi connectivity index (χ0) is 14.2. The predicted molar refractivity (Wildman–Crippen MR) is 88.0 cm³/mol. The maximum Gasteiger partial charge on any atom is 0.137 e. The zero-order valence-corrected chi connectivity index (χ0v) is 12.7. The molecule has 4 rings (SSSR count). The minimum atomic E-state index is 0. The first-order valence-electron chi connectivity index (χ1n) is 6.71. The normalized spacial score (nSPS) is 10.6. The number of H-pyrrole nitrogens is 1. The van der Waals surface area contributed by atoms with E-state index in [1.165, 1.54) is 0 Å². The van der Waals surface area contributed by atoms with Crippen molar-refractivity contribution in [3.8, 4) is 22.4 Å². The van der Waals surface area contributed by atoms with Crippen LogP contribution in [0.2, 0.25) is 0 Å². The van der Waals surface area contributed by atoms with Crippen molar-refractivity contribution in [2.75, 3.05) is 0 Å². The topological polar surface area (TPSA) is 58.9 Å². The van der Waals surface area contributed by atoms with Crippen LogP contribution in [0.4, 0.5) is 0 Å². The fourth-order valence-electron chi connectivity index (χ4n) is 2.47. The molecule has 0 saturated heterocycles. The lowest BCUT2D eigenvalue weighted by molar-refractivity contribution is 1.09. The lowest BCUT2D eigenvalue weighted by atomic mass is 10.0. The SMILES string of the molecule is Cc1ccc(-c2cn[nH]c2)c(-c2ccn3ccnc3c2)n1.Cl.